The van der Waals surface area contributed by atoms with Gasteiger partial charge in [-0.15, -0.1) is 0 Å². The molecule has 0 fully saturated rings. The molecule has 3 aromatic heterocycles. The molecule has 0 spiro atoms. The molecule has 0 atom stereocenters. The highest BCUT2D eigenvalue weighted by atomic mass is 16.5. The Hall–Kier alpha value is -4.90. The number of imidazole rings is 1. The number of hydrogen-bond acceptors (Lipinski definition) is 2. The minimum atomic E-state index is -2.23. The average Bonchev–Trinajstić information content (AvgIpc) is 3.53. The molecule has 0 amide bonds. The Kier molecular flexibility index (Phi) is 4.77. The van der Waals surface area contributed by atoms with Crippen molar-refractivity contribution in [2.75, 3.05) is 0 Å². The zero-order valence-corrected chi connectivity index (χ0v) is 22.7. The first-order chi connectivity index (χ1) is 20.6. The molecular formula is C35H31N4O+. The molecule has 0 N–H and O–H groups in total. The zero-order valence-electron chi connectivity index (χ0n) is 25.7. The maximum atomic E-state index is 7.91. The van der Waals surface area contributed by atoms with Crippen LogP contribution in [-0.2, 0) is 5.54 Å². The molecule has 7 rings (SSSR count). The van der Waals surface area contributed by atoms with E-state index < -0.39 is 6.85 Å². The summed E-state index contributed by atoms with van der Waals surface area (Å²) < 4.78 is 36.7. The number of ether oxygens (including phenoxy) is 1. The van der Waals surface area contributed by atoms with E-state index in [1.54, 1.807) is 18.3 Å². The van der Waals surface area contributed by atoms with Crippen molar-refractivity contribution >= 4 is 32.8 Å². The summed E-state index contributed by atoms with van der Waals surface area (Å²) in [5, 5.41) is 2.09. The molecule has 0 unspecified atom stereocenters. The summed E-state index contributed by atoms with van der Waals surface area (Å²) in [6.07, 6.45) is 3.70. The van der Waals surface area contributed by atoms with E-state index in [9.17, 15) is 0 Å². The lowest BCUT2D eigenvalue weighted by atomic mass is 10.1. The summed E-state index contributed by atoms with van der Waals surface area (Å²) in [6, 6.07) is 33.7. The van der Waals surface area contributed by atoms with Gasteiger partial charge in [-0.25, -0.2) is 9.55 Å². The van der Waals surface area contributed by atoms with Gasteiger partial charge < -0.3 is 4.74 Å². The highest BCUT2D eigenvalue weighted by molar-refractivity contribution is 6.09. The Balaban J connectivity index is 1.32. The monoisotopic (exact) mass is 526 g/mol. The molecular weight excluding hydrogens is 492 g/mol. The van der Waals surface area contributed by atoms with Gasteiger partial charge in [-0.3, -0.25) is 4.57 Å². The molecule has 0 radical (unpaired) electrons. The lowest BCUT2D eigenvalue weighted by Gasteiger charge is -2.14. The second kappa shape index (κ2) is 9.09. The van der Waals surface area contributed by atoms with Crippen molar-refractivity contribution in [3.63, 3.8) is 0 Å². The Labute approximate surface area is 237 Å². The first kappa shape index (κ1) is 21.0. The van der Waals surface area contributed by atoms with Gasteiger partial charge >= 0.3 is 0 Å². The number of nitrogens with zero attached hydrogens (tertiary/aromatic N) is 4. The van der Waals surface area contributed by atoms with Crippen LogP contribution in [0.4, 0.5) is 0 Å². The molecule has 5 heteroatoms. The summed E-state index contributed by atoms with van der Waals surface area (Å²) in [4.78, 5) is 4.57. The van der Waals surface area contributed by atoms with Crippen molar-refractivity contribution in [1.82, 2.24) is 14.1 Å². The van der Waals surface area contributed by atoms with Crippen LogP contribution in [0.5, 0.6) is 11.5 Å². The lowest BCUT2D eigenvalue weighted by Crippen LogP contribution is -2.49. The molecule has 0 bridgehead atoms. The van der Waals surface area contributed by atoms with Gasteiger partial charge in [-0.2, -0.15) is 4.57 Å². The van der Waals surface area contributed by atoms with Gasteiger partial charge in [0.05, 0.1) is 11.0 Å². The van der Waals surface area contributed by atoms with Crippen molar-refractivity contribution in [3.05, 3.63) is 121 Å². The highest BCUT2D eigenvalue weighted by Gasteiger charge is 2.26. The fourth-order valence-electron chi connectivity index (χ4n) is 5.49. The normalized spacial score (nSPS) is 13.4. The van der Waals surface area contributed by atoms with Crippen LogP contribution < -0.4 is 9.30 Å². The number of rotatable bonds is 4. The van der Waals surface area contributed by atoms with Gasteiger partial charge in [0.2, 0.25) is 6.33 Å². The van der Waals surface area contributed by atoms with Crippen LogP contribution in [0.25, 0.3) is 44.3 Å². The van der Waals surface area contributed by atoms with Crippen LogP contribution in [-0.4, -0.2) is 14.1 Å². The first-order valence-electron chi connectivity index (χ1n) is 14.9. The number of aromatic nitrogens is 4. The second-order valence-corrected chi connectivity index (χ2v) is 11.0. The molecule has 0 saturated heterocycles. The van der Waals surface area contributed by atoms with E-state index in [4.69, 9.17) is 8.85 Å². The van der Waals surface area contributed by atoms with Gasteiger partial charge in [0.1, 0.15) is 28.5 Å². The minimum absolute atomic E-state index is 0.0787. The summed E-state index contributed by atoms with van der Waals surface area (Å²) >= 11 is 0. The third-order valence-corrected chi connectivity index (χ3v) is 7.31. The number of aryl methyl sites for hydroxylation is 1. The Bertz CT molecular complexity index is 2150. The van der Waals surface area contributed by atoms with E-state index in [-0.39, 0.29) is 11.1 Å². The molecule has 0 aliphatic rings. The zero-order chi connectivity index (χ0) is 29.9. The third-order valence-electron chi connectivity index (χ3n) is 7.31. The van der Waals surface area contributed by atoms with E-state index in [0.717, 1.165) is 38.5 Å². The molecule has 7 aromatic rings. The molecule has 40 heavy (non-hydrogen) atoms. The van der Waals surface area contributed by atoms with Crippen LogP contribution in [0.2, 0.25) is 0 Å². The summed E-state index contributed by atoms with van der Waals surface area (Å²) in [5.41, 5.74) is 5.27. The molecule has 0 aliphatic carbocycles. The highest BCUT2D eigenvalue weighted by Crippen LogP contribution is 2.35. The van der Waals surface area contributed by atoms with Crippen molar-refractivity contribution in [1.29, 1.82) is 0 Å². The number of hydrogen-bond donors (Lipinski definition) is 0. The van der Waals surface area contributed by atoms with E-state index in [2.05, 4.69) is 77.6 Å². The Morgan fingerprint density at radius 2 is 1.52 bits per heavy atom. The van der Waals surface area contributed by atoms with E-state index in [0.29, 0.717) is 17.3 Å². The van der Waals surface area contributed by atoms with Gasteiger partial charge in [-0.1, -0.05) is 36.4 Å². The van der Waals surface area contributed by atoms with Gasteiger partial charge in [-0.05, 0) is 87.8 Å². The molecule has 3 heterocycles. The quantitative estimate of drug-likeness (QED) is 0.216. The summed E-state index contributed by atoms with van der Waals surface area (Å²) in [6.45, 7) is 4.38. The number of benzene rings is 4. The predicted octanol–water partition coefficient (Wildman–Crippen LogP) is 8.27. The van der Waals surface area contributed by atoms with Crippen molar-refractivity contribution in [2.24, 2.45) is 0 Å². The van der Waals surface area contributed by atoms with Crippen molar-refractivity contribution in [3.8, 4) is 23.0 Å². The topological polar surface area (TPSA) is 35.9 Å². The largest absolute Gasteiger partial charge is 0.457 e. The number of pyridine rings is 1. The van der Waals surface area contributed by atoms with Crippen LogP contribution >= 0.6 is 0 Å². The molecule has 4 aromatic carbocycles. The van der Waals surface area contributed by atoms with Gasteiger partial charge in [0, 0.05) is 33.2 Å². The van der Waals surface area contributed by atoms with Crippen LogP contribution in [0.15, 0.2) is 116 Å². The predicted molar refractivity (Wildman–Crippen MR) is 162 cm³/mol. The van der Waals surface area contributed by atoms with Crippen molar-refractivity contribution in [2.45, 2.75) is 33.2 Å². The smallest absolute Gasteiger partial charge is 0.250 e. The lowest BCUT2D eigenvalue weighted by molar-refractivity contribution is -0.731. The fourth-order valence-corrected chi connectivity index (χ4v) is 5.49. The Morgan fingerprint density at radius 1 is 0.750 bits per heavy atom. The average molecular weight is 527 g/mol. The van der Waals surface area contributed by atoms with E-state index in [1.807, 2.05) is 59.2 Å². The van der Waals surface area contributed by atoms with Crippen molar-refractivity contribution < 1.29 is 13.4 Å². The molecule has 5 nitrogen and oxygen atoms in total. The fraction of sp³-hybridized carbons (Fsp3) is 0.143. The number of fused-ring (bicyclic) bond motifs is 4. The molecule has 0 saturated carbocycles. The Morgan fingerprint density at radius 3 is 2.38 bits per heavy atom. The number of para-hydroxylation sites is 3. The van der Waals surface area contributed by atoms with Gasteiger partial charge in [0.25, 0.3) is 0 Å². The van der Waals surface area contributed by atoms with Crippen LogP contribution in [0.3, 0.4) is 0 Å². The third kappa shape index (κ3) is 4.02. The van der Waals surface area contributed by atoms with E-state index in [1.165, 1.54) is 0 Å². The maximum absolute atomic E-state index is 7.91. The SMILES string of the molecule is [2H]C([2H])([2H])c1ccnc(-n2c3ccccc3c3ccc(Oc4cccc(-n5c[n+](C(C)(C)C)c6ccccc65)c4)cc32)c1. The van der Waals surface area contributed by atoms with Gasteiger partial charge in [0.15, 0.2) is 11.0 Å². The van der Waals surface area contributed by atoms with Crippen LogP contribution in [0, 0.1) is 6.85 Å². The maximum Gasteiger partial charge on any atom is 0.250 e. The van der Waals surface area contributed by atoms with Crippen LogP contribution in [0.1, 0.15) is 30.4 Å². The first-order valence-corrected chi connectivity index (χ1v) is 13.4. The molecule has 196 valence electrons. The molecule has 0 aliphatic heterocycles. The standard InChI is InChI=1S/C35H31N4O/c1-24-18-19-36-34(20-24)39-30-13-6-5-12-28(30)29-17-16-27(22-33(29)39)40-26-11-9-10-25(21-26)37-23-38(35(2,3)4)32-15-8-7-14-31(32)37/h5-23H,1-4H3/q+1/i1D3. The second-order valence-electron chi connectivity index (χ2n) is 11.0. The summed E-state index contributed by atoms with van der Waals surface area (Å²) in [5.74, 6) is 1.93. The summed E-state index contributed by atoms with van der Waals surface area (Å²) in [7, 11) is 0. The minimum Gasteiger partial charge on any atom is -0.457 e. The van der Waals surface area contributed by atoms with E-state index >= 15 is 0 Å².